The lowest BCUT2D eigenvalue weighted by molar-refractivity contribution is 0.00964. The van der Waals surface area contributed by atoms with Crippen molar-refractivity contribution in [3.63, 3.8) is 0 Å². The van der Waals surface area contributed by atoms with Crippen LogP contribution in [-0.2, 0) is 9.47 Å². The summed E-state index contributed by atoms with van der Waals surface area (Å²) in [6, 6.07) is 0. The van der Waals surface area contributed by atoms with Crippen molar-refractivity contribution in [3.05, 3.63) is 0 Å². The maximum absolute atomic E-state index is 5.93. The van der Waals surface area contributed by atoms with Crippen molar-refractivity contribution in [2.75, 3.05) is 13.2 Å². The Morgan fingerprint density at radius 2 is 1.09 bits per heavy atom. The highest BCUT2D eigenvalue weighted by Gasteiger charge is 2.24. The summed E-state index contributed by atoms with van der Waals surface area (Å²) < 4.78 is 11.9. The molecule has 0 aliphatic carbocycles. The predicted molar refractivity (Wildman–Crippen MR) is 147 cm³/mol. The fraction of sp³-hybridized carbons (Fsp3) is 1.00. The van der Waals surface area contributed by atoms with Crippen molar-refractivity contribution in [2.24, 2.45) is 11.8 Å². The van der Waals surface area contributed by atoms with Gasteiger partial charge in [0.05, 0.1) is 12.2 Å². The smallest absolute Gasteiger partial charge is 0.0575 e. The van der Waals surface area contributed by atoms with Crippen LogP contribution in [-0.4, -0.2) is 35.9 Å². The second-order valence-corrected chi connectivity index (χ2v) is 12.7. The highest BCUT2D eigenvalue weighted by molar-refractivity contribution is 8.00. The molecular formula is C30H58O2S. The van der Waals surface area contributed by atoms with Gasteiger partial charge in [0.15, 0.2) is 0 Å². The molecule has 0 amide bonds. The van der Waals surface area contributed by atoms with Crippen LogP contribution in [0, 0.1) is 11.8 Å². The van der Waals surface area contributed by atoms with E-state index < -0.39 is 0 Å². The molecule has 0 N–H and O–H groups in total. The van der Waals surface area contributed by atoms with Crippen molar-refractivity contribution in [3.8, 4) is 0 Å². The van der Waals surface area contributed by atoms with Crippen LogP contribution in [0.15, 0.2) is 0 Å². The average Bonchev–Trinajstić information content (AvgIpc) is 2.86. The van der Waals surface area contributed by atoms with Crippen molar-refractivity contribution >= 4 is 11.8 Å². The first kappa shape index (κ1) is 29.5. The molecule has 2 fully saturated rings. The Morgan fingerprint density at radius 3 is 1.45 bits per heavy atom. The molecule has 33 heavy (non-hydrogen) atoms. The maximum Gasteiger partial charge on any atom is 0.0575 e. The summed E-state index contributed by atoms with van der Waals surface area (Å²) in [7, 11) is 0. The van der Waals surface area contributed by atoms with Crippen LogP contribution in [0.1, 0.15) is 143 Å². The fourth-order valence-electron chi connectivity index (χ4n) is 5.58. The molecule has 0 aromatic carbocycles. The maximum atomic E-state index is 5.93. The highest BCUT2D eigenvalue weighted by atomic mass is 32.2. The van der Waals surface area contributed by atoms with Crippen LogP contribution in [0.3, 0.4) is 0 Å². The third-order valence-corrected chi connectivity index (χ3v) is 10.6. The van der Waals surface area contributed by atoms with Gasteiger partial charge in [-0.3, -0.25) is 0 Å². The molecule has 0 radical (unpaired) electrons. The molecule has 2 rings (SSSR count). The van der Waals surface area contributed by atoms with Crippen molar-refractivity contribution in [1.82, 2.24) is 0 Å². The third kappa shape index (κ3) is 12.7. The lowest BCUT2D eigenvalue weighted by atomic mass is 9.97. The molecule has 6 unspecified atom stereocenters. The van der Waals surface area contributed by atoms with Gasteiger partial charge in [0.1, 0.15) is 0 Å². The second kappa shape index (κ2) is 18.5. The minimum atomic E-state index is 0.568. The van der Waals surface area contributed by atoms with E-state index in [4.69, 9.17) is 9.47 Å². The molecule has 2 saturated heterocycles. The van der Waals surface area contributed by atoms with Crippen LogP contribution in [0.4, 0.5) is 0 Å². The molecule has 3 heteroatoms. The van der Waals surface area contributed by atoms with Gasteiger partial charge in [-0.05, 0) is 76.0 Å². The summed E-state index contributed by atoms with van der Waals surface area (Å²) in [5.74, 6) is 1.68. The molecule has 0 spiro atoms. The minimum absolute atomic E-state index is 0.568. The number of ether oxygens (including phenoxy) is 2. The van der Waals surface area contributed by atoms with E-state index in [1.807, 2.05) is 0 Å². The van der Waals surface area contributed by atoms with E-state index in [-0.39, 0.29) is 0 Å². The van der Waals surface area contributed by atoms with E-state index in [1.165, 1.54) is 116 Å². The van der Waals surface area contributed by atoms with Gasteiger partial charge in [-0.2, -0.15) is 11.8 Å². The molecule has 0 saturated carbocycles. The van der Waals surface area contributed by atoms with Crippen molar-refractivity contribution in [2.45, 2.75) is 166 Å². The summed E-state index contributed by atoms with van der Waals surface area (Å²) in [5.41, 5.74) is 0. The quantitative estimate of drug-likeness (QED) is 0.181. The van der Waals surface area contributed by atoms with Crippen LogP contribution in [0.5, 0.6) is 0 Å². The normalized spacial score (nSPS) is 25.5. The Morgan fingerprint density at radius 1 is 0.636 bits per heavy atom. The minimum Gasteiger partial charge on any atom is -0.378 e. The number of thioether (sulfide) groups is 1. The summed E-state index contributed by atoms with van der Waals surface area (Å²) in [4.78, 5) is 0. The molecule has 0 aromatic heterocycles. The summed E-state index contributed by atoms with van der Waals surface area (Å²) in [6.45, 7) is 11.8. The van der Waals surface area contributed by atoms with Crippen molar-refractivity contribution in [1.29, 1.82) is 0 Å². The molecule has 2 aliphatic rings. The molecule has 0 aromatic rings. The largest absolute Gasteiger partial charge is 0.378 e. The summed E-state index contributed by atoms with van der Waals surface area (Å²) in [6.07, 6.45) is 25.4. The Bertz CT molecular complexity index is 405. The number of unbranched alkanes of at least 4 members (excludes halogenated alkanes) is 4. The monoisotopic (exact) mass is 482 g/mol. The SMILES string of the molecule is CCC(C)C(CCCCCC1CCCCO1)SC(CCCCCC1CCCCO1)C(C)CC. The fourth-order valence-corrected chi connectivity index (χ4v) is 7.56. The standard InChI is InChI=1S/C30H58O2S/c1-5-25(3)29(21-11-7-9-17-27-19-13-15-23-31-27)33-30(26(4)6-2)22-12-8-10-18-28-20-14-16-24-32-28/h25-30H,5-24H2,1-4H3. The number of rotatable bonds is 18. The average molecular weight is 483 g/mol. The summed E-state index contributed by atoms with van der Waals surface area (Å²) >= 11 is 2.38. The van der Waals surface area contributed by atoms with Gasteiger partial charge in [-0.15, -0.1) is 0 Å². The lowest BCUT2D eigenvalue weighted by Gasteiger charge is -2.31. The molecule has 2 nitrogen and oxygen atoms in total. The van der Waals surface area contributed by atoms with Gasteiger partial charge >= 0.3 is 0 Å². The predicted octanol–water partition coefficient (Wildman–Crippen LogP) is 9.59. The van der Waals surface area contributed by atoms with Crippen LogP contribution >= 0.6 is 11.8 Å². The Labute approximate surface area is 212 Å². The topological polar surface area (TPSA) is 18.5 Å². The van der Waals surface area contributed by atoms with Crippen LogP contribution in [0.2, 0.25) is 0 Å². The molecule has 0 bridgehead atoms. The Kier molecular flexibility index (Phi) is 16.6. The van der Waals surface area contributed by atoms with E-state index in [0.29, 0.717) is 12.2 Å². The number of hydrogen-bond donors (Lipinski definition) is 0. The van der Waals surface area contributed by atoms with Gasteiger partial charge < -0.3 is 9.47 Å². The zero-order valence-electron chi connectivity index (χ0n) is 22.8. The van der Waals surface area contributed by atoms with Gasteiger partial charge in [0, 0.05) is 23.7 Å². The first-order valence-corrected chi connectivity index (χ1v) is 16.0. The van der Waals surface area contributed by atoms with Crippen LogP contribution in [0.25, 0.3) is 0 Å². The Balaban J connectivity index is 1.68. The van der Waals surface area contributed by atoms with E-state index in [1.54, 1.807) is 0 Å². The van der Waals surface area contributed by atoms with Gasteiger partial charge in [0.2, 0.25) is 0 Å². The van der Waals surface area contributed by atoms with E-state index in [2.05, 4.69) is 39.5 Å². The number of hydrogen-bond acceptors (Lipinski definition) is 3. The lowest BCUT2D eigenvalue weighted by Crippen LogP contribution is -2.23. The third-order valence-electron chi connectivity index (χ3n) is 8.48. The van der Waals surface area contributed by atoms with Crippen LogP contribution < -0.4 is 0 Å². The molecule has 2 aliphatic heterocycles. The highest BCUT2D eigenvalue weighted by Crippen LogP contribution is 2.37. The first-order valence-electron chi connectivity index (χ1n) is 15.0. The molecule has 6 atom stereocenters. The molecular weight excluding hydrogens is 424 g/mol. The van der Waals surface area contributed by atoms with E-state index in [9.17, 15) is 0 Å². The molecule has 196 valence electrons. The zero-order chi connectivity index (χ0) is 23.7. The van der Waals surface area contributed by atoms with E-state index in [0.717, 1.165) is 35.5 Å². The van der Waals surface area contributed by atoms with Gasteiger partial charge in [-0.1, -0.05) is 79.1 Å². The van der Waals surface area contributed by atoms with Crippen molar-refractivity contribution < 1.29 is 9.47 Å². The first-order chi connectivity index (χ1) is 16.1. The second-order valence-electron chi connectivity index (χ2n) is 11.2. The molecule has 2 heterocycles. The van der Waals surface area contributed by atoms with E-state index >= 15 is 0 Å². The van der Waals surface area contributed by atoms with Gasteiger partial charge in [-0.25, -0.2) is 0 Å². The zero-order valence-corrected chi connectivity index (χ0v) is 23.6. The summed E-state index contributed by atoms with van der Waals surface area (Å²) in [5, 5.41) is 1.69. The Hall–Kier alpha value is 0.270. The van der Waals surface area contributed by atoms with Gasteiger partial charge in [0.25, 0.3) is 0 Å².